The van der Waals surface area contributed by atoms with Crippen molar-refractivity contribution in [1.29, 1.82) is 0 Å². The third-order valence-corrected chi connectivity index (χ3v) is 3.90. The highest BCUT2D eigenvalue weighted by Gasteiger charge is 2.34. The molecule has 1 N–H and O–H groups in total. The molecule has 0 saturated carbocycles. The van der Waals surface area contributed by atoms with Gasteiger partial charge in [0.15, 0.2) is 0 Å². The van der Waals surface area contributed by atoms with E-state index in [1.54, 1.807) is 11.0 Å². The van der Waals surface area contributed by atoms with E-state index in [2.05, 4.69) is 15.9 Å². The van der Waals surface area contributed by atoms with Crippen LogP contribution in [0, 0.1) is 11.7 Å². The predicted molar refractivity (Wildman–Crippen MR) is 69.8 cm³/mol. The maximum Gasteiger partial charge on any atom is 0.254 e. The SMILES string of the molecule is CC1CCN(C(=O)c2cc(F)cc(Br)c2)C1CO. The maximum atomic E-state index is 13.3. The van der Waals surface area contributed by atoms with Gasteiger partial charge in [-0.15, -0.1) is 0 Å². The molecule has 98 valence electrons. The molecule has 1 aliphatic rings. The van der Waals surface area contributed by atoms with Gasteiger partial charge in [-0.25, -0.2) is 4.39 Å². The summed E-state index contributed by atoms with van der Waals surface area (Å²) < 4.78 is 13.8. The average molecular weight is 316 g/mol. The van der Waals surface area contributed by atoms with Crippen LogP contribution in [0.4, 0.5) is 4.39 Å². The van der Waals surface area contributed by atoms with Crippen molar-refractivity contribution in [2.24, 2.45) is 5.92 Å². The van der Waals surface area contributed by atoms with Crippen molar-refractivity contribution in [3.05, 3.63) is 34.1 Å². The standard InChI is InChI=1S/C13H15BrFNO2/c1-8-2-3-16(12(8)7-17)13(18)9-4-10(14)6-11(15)5-9/h4-6,8,12,17H,2-3,7H2,1H3. The number of nitrogens with zero attached hydrogens (tertiary/aromatic N) is 1. The number of benzene rings is 1. The molecule has 0 spiro atoms. The van der Waals surface area contributed by atoms with Crippen LogP contribution in [0.25, 0.3) is 0 Å². The van der Waals surface area contributed by atoms with Crippen LogP contribution in [0.5, 0.6) is 0 Å². The van der Waals surface area contributed by atoms with Crippen LogP contribution in [-0.4, -0.2) is 35.1 Å². The van der Waals surface area contributed by atoms with Crippen LogP contribution < -0.4 is 0 Å². The lowest BCUT2D eigenvalue weighted by molar-refractivity contribution is 0.0647. The Morgan fingerprint density at radius 3 is 2.89 bits per heavy atom. The minimum atomic E-state index is -0.444. The number of aliphatic hydroxyl groups is 1. The first-order valence-corrected chi connectivity index (χ1v) is 6.70. The fourth-order valence-corrected chi connectivity index (χ4v) is 2.85. The first-order valence-electron chi connectivity index (χ1n) is 5.91. The molecule has 2 rings (SSSR count). The van der Waals surface area contributed by atoms with Gasteiger partial charge in [0.2, 0.25) is 0 Å². The molecule has 1 aromatic rings. The van der Waals surface area contributed by atoms with Gasteiger partial charge >= 0.3 is 0 Å². The number of halogens is 2. The highest BCUT2D eigenvalue weighted by molar-refractivity contribution is 9.10. The molecule has 5 heteroatoms. The van der Waals surface area contributed by atoms with Crippen molar-refractivity contribution in [1.82, 2.24) is 4.90 Å². The molecule has 0 radical (unpaired) electrons. The molecule has 1 fully saturated rings. The summed E-state index contributed by atoms with van der Waals surface area (Å²) in [6, 6.07) is 3.97. The van der Waals surface area contributed by atoms with Crippen molar-refractivity contribution < 1.29 is 14.3 Å². The molecule has 1 amide bonds. The first kappa shape index (κ1) is 13.5. The second kappa shape index (κ2) is 5.36. The van der Waals surface area contributed by atoms with Crippen LogP contribution in [0.15, 0.2) is 22.7 Å². The van der Waals surface area contributed by atoms with E-state index in [1.807, 2.05) is 6.92 Å². The Balaban J connectivity index is 2.25. The van der Waals surface area contributed by atoms with Crippen LogP contribution in [0.1, 0.15) is 23.7 Å². The van der Waals surface area contributed by atoms with Gasteiger partial charge in [0.25, 0.3) is 5.91 Å². The largest absolute Gasteiger partial charge is 0.394 e. The Labute approximate surface area is 114 Å². The van der Waals surface area contributed by atoms with Crippen LogP contribution in [0.3, 0.4) is 0 Å². The molecule has 0 bridgehead atoms. The lowest BCUT2D eigenvalue weighted by Gasteiger charge is -2.25. The van der Waals surface area contributed by atoms with E-state index in [0.29, 0.717) is 16.6 Å². The van der Waals surface area contributed by atoms with Gasteiger partial charge in [0.05, 0.1) is 12.6 Å². The molecule has 18 heavy (non-hydrogen) atoms. The zero-order chi connectivity index (χ0) is 13.3. The average Bonchev–Trinajstić information content (AvgIpc) is 2.68. The second-order valence-electron chi connectivity index (χ2n) is 4.67. The number of likely N-dealkylation sites (tertiary alicyclic amines) is 1. The van der Waals surface area contributed by atoms with Gasteiger partial charge in [-0.05, 0) is 30.5 Å². The van der Waals surface area contributed by atoms with Gasteiger partial charge in [0, 0.05) is 16.6 Å². The Morgan fingerprint density at radius 1 is 1.56 bits per heavy atom. The van der Waals surface area contributed by atoms with Gasteiger partial charge in [-0.1, -0.05) is 22.9 Å². The second-order valence-corrected chi connectivity index (χ2v) is 5.59. The third-order valence-electron chi connectivity index (χ3n) is 3.44. The summed E-state index contributed by atoms with van der Waals surface area (Å²) in [7, 11) is 0. The Bertz CT molecular complexity index is 446. The third kappa shape index (κ3) is 2.57. The van der Waals surface area contributed by atoms with Crippen molar-refractivity contribution >= 4 is 21.8 Å². The molecule has 1 saturated heterocycles. The number of amides is 1. The van der Waals surface area contributed by atoms with Crippen LogP contribution in [-0.2, 0) is 0 Å². The van der Waals surface area contributed by atoms with Gasteiger partial charge in [0.1, 0.15) is 5.82 Å². The summed E-state index contributed by atoms with van der Waals surface area (Å²) in [5.41, 5.74) is 0.314. The van der Waals surface area contributed by atoms with Gasteiger partial charge in [-0.3, -0.25) is 4.79 Å². The Hall–Kier alpha value is -0.940. The first-order chi connectivity index (χ1) is 8.52. The molecule has 0 aliphatic carbocycles. The number of hydrogen-bond acceptors (Lipinski definition) is 2. The van der Waals surface area contributed by atoms with Crippen LogP contribution >= 0.6 is 15.9 Å². The molecule has 3 nitrogen and oxygen atoms in total. The van der Waals surface area contributed by atoms with Crippen molar-refractivity contribution in [2.75, 3.05) is 13.2 Å². The minimum Gasteiger partial charge on any atom is -0.394 e. The van der Waals surface area contributed by atoms with Crippen LogP contribution in [0.2, 0.25) is 0 Å². The fraction of sp³-hybridized carbons (Fsp3) is 0.462. The van der Waals surface area contributed by atoms with Gasteiger partial charge in [-0.2, -0.15) is 0 Å². The smallest absolute Gasteiger partial charge is 0.254 e. The monoisotopic (exact) mass is 315 g/mol. The van der Waals surface area contributed by atoms with Crippen molar-refractivity contribution in [2.45, 2.75) is 19.4 Å². The van der Waals surface area contributed by atoms with Gasteiger partial charge < -0.3 is 10.0 Å². The molecule has 2 atom stereocenters. The summed E-state index contributed by atoms with van der Waals surface area (Å²) in [5, 5.41) is 9.33. The summed E-state index contributed by atoms with van der Waals surface area (Å²) in [4.78, 5) is 13.9. The number of aliphatic hydroxyl groups excluding tert-OH is 1. The molecule has 0 aromatic heterocycles. The van der Waals surface area contributed by atoms with E-state index < -0.39 is 5.82 Å². The zero-order valence-corrected chi connectivity index (χ0v) is 11.7. The van der Waals surface area contributed by atoms with Crippen molar-refractivity contribution in [3.8, 4) is 0 Å². The molecular formula is C13H15BrFNO2. The fourth-order valence-electron chi connectivity index (χ4n) is 2.38. The highest BCUT2D eigenvalue weighted by atomic mass is 79.9. The maximum absolute atomic E-state index is 13.3. The zero-order valence-electron chi connectivity index (χ0n) is 10.1. The topological polar surface area (TPSA) is 40.5 Å². The van der Waals surface area contributed by atoms with Crippen molar-refractivity contribution in [3.63, 3.8) is 0 Å². The summed E-state index contributed by atoms with van der Waals surface area (Å²) in [6.07, 6.45) is 0.869. The molecule has 1 aromatic carbocycles. The van der Waals surface area contributed by atoms with E-state index in [0.717, 1.165) is 6.42 Å². The predicted octanol–water partition coefficient (Wildman–Crippen LogP) is 2.43. The van der Waals surface area contributed by atoms with E-state index in [-0.39, 0.29) is 24.5 Å². The molecule has 1 heterocycles. The quantitative estimate of drug-likeness (QED) is 0.910. The summed E-state index contributed by atoms with van der Waals surface area (Å²) >= 11 is 3.17. The highest BCUT2D eigenvalue weighted by Crippen LogP contribution is 2.26. The number of rotatable bonds is 2. The summed E-state index contributed by atoms with van der Waals surface area (Å²) in [6.45, 7) is 2.57. The number of hydrogen-bond donors (Lipinski definition) is 1. The normalized spacial score (nSPS) is 23.4. The van der Waals surface area contributed by atoms with E-state index >= 15 is 0 Å². The van der Waals surface area contributed by atoms with E-state index in [4.69, 9.17) is 0 Å². The number of carbonyl (C=O) groups excluding carboxylic acids is 1. The summed E-state index contributed by atoms with van der Waals surface area (Å²) in [5.74, 6) is -0.393. The van der Waals surface area contributed by atoms with E-state index in [1.165, 1.54) is 12.1 Å². The Kier molecular flexibility index (Phi) is 4.02. The lowest BCUT2D eigenvalue weighted by atomic mass is 10.0. The molecule has 2 unspecified atom stereocenters. The lowest BCUT2D eigenvalue weighted by Crippen LogP contribution is -2.39. The minimum absolute atomic E-state index is 0.0522. The Morgan fingerprint density at radius 2 is 2.28 bits per heavy atom. The van der Waals surface area contributed by atoms with E-state index in [9.17, 15) is 14.3 Å². The molecular weight excluding hydrogens is 301 g/mol. The number of carbonyl (C=O) groups is 1. The molecule has 1 aliphatic heterocycles.